The Morgan fingerprint density at radius 2 is 1.82 bits per heavy atom. The van der Waals surface area contributed by atoms with E-state index >= 15 is 0 Å². The predicted octanol–water partition coefficient (Wildman–Crippen LogP) is 3.49. The van der Waals surface area contributed by atoms with Crippen LogP contribution in [0.2, 0.25) is 0 Å². The normalized spacial score (nSPS) is 23.0. The maximum atomic E-state index is 11.5. The van der Waals surface area contributed by atoms with Gasteiger partial charge >= 0.3 is 5.63 Å². The summed E-state index contributed by atoms with van der Waals surface area (Å²) in [6.45, 7) is 6.38. The molecule has 5 heteroatoms. The molecule has 0 N–H and O–H groups in total. The number of rotatable bonds is 3. The van der Waals surface area contributed by atoms with Crippen LogP contribution in [-0.2, 0) is 4.74 Å². The Labute approximate surface area is 126 Å². The summed E-state index contributed by atoms with van der Waals surface area (Å²) >= 11 is 0. The molecular formula is C17H16O5. The van der Waals surface area contributed by atoms with Gasteiger partial charge in [-0.2, -0.15) is 0 Å². The van der Waals surface area contributed by atoms with E-state index in [9.17, 15) is 4.79 Å². The SMILES string of the molecule is CC1(C)O[C@]1(C)COc1c2occc2cc2ccc(=O)oc12. The first-order chi connectivity index (χ1) is 10.4. The van der Waals surface area contributed by atoms with E-state index in [1.165, 1.54) is 6.07 Å². The van der Waals surface area contributed by atoms with Gasteiger partial charge in [0.2, 0.25) is 5.75 Å². The first-order valence-electron chi connectivity index (χ1n) is 7.17. The standard InChI is InChI=1S/C17H16O5/c1-16(2)17(3,22-16)9-20-15-13-11(6-7-19-13)8-10-4-5-12(18)21-14(10)15/h4-8H,9H2,1-3H3/t17-/m1/s1. The van der Waals surface area contributed by atoms with Crippen LogP contribution in [0.3, 0.4) is 0 Å². The minimum absolute atomic E-state index is 0.222. The van der Waals surface area contributed by atoms with Crippen molar-refractivity contribution in [3.05, 3.63) is 40.9 Å². The highest BCUT2D eigenvalue weighted by Crippen LogP contribution is 2.48. The van der Waals surface area contributed by atoms with E-state index in [0.29, 0.717) is 23.5 Å². The second kappa shape index (κ2) is 4.14. The average molecular weight is 300 g/mol. The number of fused-ring (bicyclic) bond motifs is 2. The van der Waals surface area contributed by atoms with Crippen molar-refractivity contribution >= 4 is 21.9 Å². The van der Waals surface area contributed by atoms with Gasteiger partial charge in [-0.1, -0.05) is 0 Å². The van der Waals surface area contributed by atoms with Crippen LogP contribution in [0.5, 0.6) is 5.75 Å². The van der Waals surface area contributed by atoms with E-state index < -0.39 is 5.63 Å². The Hall–Kier alpha value is -2.27. The second-order valence-electron chi connectivity index (χ2n) is 6.35. The van der Waals surface area contributed by atoms with E-state index in [4.69, 9.17) is 18.3 Å². The summed E-state index contributed by atoms with van der Waals surface area (Å²) in [6.07, 6.45) is 1.59. The van der Waals surface area contributed by atoms with E-state index in [0.717, 1.165) is 10.8 Å². The maximum Gasteiger partial charge on any atom is 0.336 e. The van der Waals surface area contributed by atoms with Gasteiger partial charge < -0.3 is 18.3 Å². The zero-order chi connectivity index (χ0) is 15.5. The largest absolute Gasteiger partial charge is 0.483 e. The van der Waals surface area contributed by atoms with E-state index in [1.807, 2.05) is 32.9 Å². The van der Waals surface area contributed by atoms with E-state index in [2.05, 4.69) is 0 Å². The molecule has 0 radical (unpaired) electrons. The third kappa shape index (κ3) is 1.85. The molecule has 0 amide bonds. The molecule has 3 aromatic rings. The molecule has 114 valence electrons. The fourth-order valence-electron chi connectivity index (χ4n) is 2.69. The molecule has 4 rings (SSSR count). The molecule has 5 nitrogen and oxygen atoms in total. The van der Waals surface area contributed by atoms with Gasteiger partial charge in [-0.05, 0) is 39.0 Å². The number of ether oxygens (including phenoxy) is 2. The molecule has 1 aromatic carbocycles. The van der Waals surface area contributed by atoms with Crippen molar-refractivity contribution in [2.24, 2.45) is 0 Å². The lowest BCUT2D eigenvalue weighted by atomic mass is 9.99. The smallest absolute Gasteiger partial charge is 0.336 e. The summed E-state index contributed by atoms with van der Waals surface area (Å²) in [5.74, 6) is 0.447. The lowest BCUT2D eigenvalue weighted by molar-refractivity contribution is 0.199. The summed E-state index contributed by atoms with van der Waals surface area (Å²) in [4.78, 5) is 11.5. The van der Waals surface area contributed by atoms with Crippen molar-refractivity contribution in [1.29, 1.82) is 0 Å². The molecule has 1 fully saturated rings. The van der Waals surface area contributed by atoms with Crippen LogP contribution in [0.25, 0.3) is 21.9 Å². The Bertz CT molecular complexity index is 933. The predicted molar refractivity (Wildman–Crippen MR) is 81.3 cm³/mol. The van der Waals surface area contributed by atoms with E-state index in [1.54, 1.807) is 12.3 Å². The average Bonchev–Trinajstić information content (AvgIpc) is 2.81. The summed E-state index contributed by atoms with van der Waals surface area (Å²) in [5.41, 5.74) is -0.0254. The second-order valence-corrected chi connectivity index (χ2v) is 6.35. The Morgan fingerprint density at radius 3 is 2.55 bits per heavy atom. The number of hydrogen-bond donors (Lipinski definition) is 0. The van der Waals surface area contributed by atoms with Crippen LogP contribution in [0.4, 0.5) is 0 Å². The van der Waals surface area contributed by atoms with Crippen molar-refractivity contribution < 1.29 is 18.3 Å². The molecule has 22 heavy (non-hydrogen) atoms. The lowest BCUT2D eigenvalue weighted by Gasteiger charge is -2.12. The summed E-state index contributed by atoms with van der Waals surface area (Å²) in [6, 6.07) is 6.88. The molecular weight excluding hydrogens is 284 g/mol. The number of furan rings is 1. The molecule has 1 saturated heterocycles. The van der Waals surface area contributed by atoms with Gasteiger partial charge in [-0.25, -0.2) is 4.79 Å². The number of benzene rings is 1. The maximum absolute atomic E-state index is 11.5. The van der Waals surface area contributed by atoms with Crippen LogP contribution >= 0.6 is 0 Å². The highest BCUT2D eigenvalue weighted by molar-refractivity contribution is 5.99. The minimum atomic E-state index is -0.419. The number of hydrogen-bond acceptors (Lipinski definition) is 5. The Kier molecular flexibility index (Phi) is 2.52. The molecule has 0 saturated carbocycles. The quantitative estimate of drug-likeness (QED) is 0.547. The van der Waals surface area contributed by atoms with Crippen molar-refractivity contribution in [3.8, 4) is 5.75 Å². The minimum Gasteiger partial charge on any atom is -0.483 e. The summed E-state index contributed by atoms with van der Waals surface area (Å²) in [5, 5.41) is 1.70. The van der Waals surface area contributed by atoms with Crippen LogP contribution in [0.15, 0.2) is 44.2 Å². The highest BCUT2D eigenvalue weighted by atomic mass is 16.7. The molecule has 0 aliphatic carbocycles. The molecule has 0 spiro atoms. The number of epoxide rings is 1. The van der Waals surface area contributed by atoms with Gasteiger partial charge in [0.25, 0.3) is 0 Å². The Morgan fingerprint density at radius 1 is 1.09 bits per heavy atom. The molecule has 1 atom stereocenters. The molecule has 1 aliphatic rings. The first-order valence-corrected chi connectivity index (χ1v) is 7.17. The first kappa shape index (κ1) is 13.4. The lowest BCUT2D eigenvalue weighted by Crippen LogP contribution is -2.25. The van der Waals surface area contributed by atoms with Gasteiger partial charge in [0.1, 0.15) is 12.2 Å². The van der Waals surface area contributed by atoms with Gasteiger partial charge in [-0.3, -0.25) is 0 Å². The third-order valence-corrected chi connectivity index (χ3v) is 4.49. The summed E-state index contributed by atoms with van der Waals surface area (Å²) < 4.78 is 22.5. The fourth-order valence-corrected chi connectivity index (χ4v) is 2.69. The highest BCUT2D eigenvalue weighted by Gasteiger charge is 2.60. The zero-order valence-corrected chi connectivity index (χ0v) is 12.6. The molecule has 0 unspecified atom stereocenters. The summed E-state index contributed by atoms with van der Waals surface area (Å²) in [7, 11) is 0. The van der Waals surface area contributed by atoms with Gasteiger partial charge in [-0.15, -0.1) is 0 Å². The van der Waals surface area contributed by atoms with Gasteiger partial charge in [0.15, 0.2) is 11.2 Å². The topological polar surface area (TPSA) is 65.1 Å². The molecule has 3 heterocycles. The Balaban J connectivity index is 1.84. The van der Waals surface area contributed by atoms with Crippen LogP contribution in [0.1, 0.15) is 20.8 Å². The molecule has 0 bridgehead atoms. The molecule has 1 aliphatic heterocycles. The van der Waals surface area contributed by atoms with Crippen molar-refractivity contribution in [3.63, 3.8) is 0 Å². The van der Waals surface area contributed by atoms with E-state index in [-0.39, 0.29) is 11.2 Å². The monoisotopic (exact) mass is 300 g/mol. The van der Waals surface area contributed by atoms with Crippen LogP contribution in [-0.4, -0.2) is 17.8 Å². The van der Waals surface area contributed by atoms with Crippen molar-refractivity contribution in [1.82, 2.24) is 0 Å². The third-order valence-electron chi connectivity index (χ3n) is 4.49. The van der Waals surface area contributed by atoms with Gasteiger partial charge in [0, 0.05) is 16.8 Å². The van der Waals surface area contributed by atoms with Crippen molar-refractivity contribution in [2.45, 2.75) is 32.0 Å². The molecule has 2 aromatic heterocycles. The zero-order valence-electron chi connectivity index (χ0n) is 12.6. The van der Waals surface area contributed by atoms with Crippen LogP contribution in [0, 0.1) is 0 Å². The van der Waals surface area contributed by atoms with Crippen LogP contribution < -0.4 is 10.4 Å². The van der Waals surface area contributed by atoms with Gasteiger partial charge in [0.05, 0.1) is 11.9 Å². The van der Waals surface area contributed by atoms with Crippen molar-refractivity contribution in [2.75, 3.05) is 6.61 Å². The fraction of sp³-hybridized carbons (Fsp3) is 0.353.